The smallest absolute Gasteiger partial charge is 0.251 e. The minimum absolute atomic E-state index is 0.0746. The van der Waals surface area contributed by atoms with E-state index in [1.165, 1.54) is 19.3 Å². The molecule has 0 spiro atoms. The lowest BCUT2D eigenvalue weighted by Crippen LogP contribution is -2.37. The van der Waals surface area contributed by atoms with Crippen LogP contribution in [0.3, 0.4) is 0 Å². The fraction of sp³-hybridized carbons (Fsp3) is 0.533. The molecular weight excluding hydrogens is 210 g/mol. The predicted molar refractivity (Wildman–Crippen MR) is 69.9 cm³/mol. The first-order valence-electron chi connectivity index (χ1n) is 6.65. The van der Waals surface area contributed by atoms with Gasteiger partial charge in [0.1, 0.15) is 0 Å². The van der Waals surface area contributed by atoms with Crippen LogP contribution in [0.1, 0.15) is 49.4 Å². The van der Waals surface area contributed by atoms with Crippen LogP contribution >= 0.6 is 0 Å². The van der Waals surface area contributed by atoms with E-state index >= 15 is 0 Å². The molecule has 1 amide bonds. The highest BCUT2D eigenvalue weighted by Crippen LogP contribution is 2.26. The van der Waals surface area contributed by atoms with Gasteiger partial charge in [-0.25, -0.2) is 0 Å². The Bertz CT molecular complexity index is 352. The lowest BCUT2D eigenvalue weighted by atomic mass is 9.84. The van der Waals surface area contributed by atoms with Gasteiger partial charge in [-0.05, 0) is 43.7 Å². The molecule has 1 aromatic rings. The van der Waals surface area contributed by atoms with Gasteiger partial charge in [0.05, 0.1) is 0 Å². The van der Waals surface area contributed by atoms with Crippen molar-refractivity contribution in [2.24, 2.45) is 5.92 Å². The van der Waals surface area contributed by atoms with Crippen LogP contribution in [-0.4, -0.2) is 11.9 Å². The van der Waals surface area contributed by atoms with E-state index in [1.54, 1.807) is 0 Å². The largest absolute Gasteiger partial charge is 0.349 e. The second-order valence-electron chi connectivity index (χ2n) is 4.97. The van der Waals surface area contributed by atoms with Gasteiger partial charge in [0.25, 0.3) is 5.91 Å². The van der Waals surface area contributed by atoms with E-state index in [0.29, 0.717) is 6.04 Å². The Balaban J connectivity index is 1.84. The zero-order valence-electron chi connectivity index (χ0n) is 10.5. The molecule has 92 valence electrons. The molecule has 0 radical (unpaired) electrons. The van der Waals surface area contributed by atoms with Crippen molar-refractivity contribution in [1.29, 1.82) is 0 Å². The molecule has 0 aliphatic heterocycles. The van der Waals surface area contributed by atoms with Crippen LogP contribution in [-0.2, 0) is 0 Å². The quantitative estimate of drug-likeness (QED) is 0.849. The van der Waals surface area contributed by atoms with E-state index in [-0.39, 0.29) is 5.91 Å². The normalized spacial score (nSPS) is 24.3. The Hall–Kier alpha value is -1.31. The van der Waals surface area contributed by atoms with Crippen LogP contribution in [0.2, 0.25) is 0 Å². The van der Waals surface area contributed by atoms with E-state index in [2.05, 4.69) is 12.2 Å². The second kappa shape index (κ2) is 5.85. The molecule has 0 heterocycles. The molecule has 2 heteroatoms. The zero-order chi connectivity index (χ0) is 12.1. The summed E-state index contributed by atoms with van der Waals surface area (Å²) in [5, 5.41) is 3.14. The summed E-state index contributed by atoms with van der Waals surface area (Å²) in [6, 6.07) is 9.86. The molecule has 1 aromatic carbocycles. The number of hydrogen-bond donors (Lipinski definition) is 1. The van der Waals surface area contributed by atoms with Crippen LogP contribution in [0.25, 0.3) is 0 Å². The molecule has 1 aliphatic carbocycles. The standard InChI is InChI=1S/C15H21NO/c1-2-12-8-10-14(11-9-12)16-15(17)13-6-4-3-5-7-13/h3-7,12,14H,2,8-11H2,1H3,(H,16,17). The van der Waals surface area contributed by atoms with E-state index in [1.807, 2.05) is 30.3 Å². The minimum atomic E-state index is 0.0746. The van der Waals surface area contributed by atoms with Crippen molar-refractivity contribution < 1.29 is 4.79 Å². The highest BCUT2D eigenvalue weighted by atomic mass is 16.1. The third kappa shape index (κ3) is 3.32. The SMILES string of the molecule is CCC1CCC(NC(=O)c2ccccc2)CC1. The summed E-state index contributed by atoms with van der Waals surface area (Å²) in [4.78, 5) is 12.0. The number of hydrogen-bond acceptors (Lipinski definition) is 1. The first kappa shape index (κ1) is 12.2. The number of amides is 1. The van der Waals surface area contributed by atoms with Gasteiger partial charge in [-0.15, -0.1) is 0 Å². The van der Waals surface area contributed by atoms with Crippen molar-refractivity contribution >= 4 is 5.91 Å². The van der Waals surface area contributed by atoms with Gasteiger partial charge in [0.2, 0.25) is 0 Å². The molecule has 1 N–H and O–H groups in total. The van der Waals surface area contributed by atoms with E-state index < -0.39 is 0 Å². The lowest BCUT2D eigenvalue weighted by molar-refractivity contribution is 0.0921. The molecule has 0 saturated heterocycles. The van der Waals surface area contributed by atoms with Gasteiger partial charge in [0.15, 0.2) is 0 Å². The average molecular weight is 231 g/mol. The Kier molecular flexibility index (Phi) is 4.18. The molecule has 0 bridgehead atoms. The average Bonchev–Trinajstić information content (AvgIpc) is 2.40. The summed E-state index contributed by atoms with van der Waals surface area (Å²) >= 11 is 0. The van der Waals surface area contributed by atoms with Crippen LogP contribution in [0.5, 0.6) is 0 Å². The molecule has 2 rings (SSSR count). The molecule has 0 aromatic heterocycles. The monoisotopic (exact) mass is 231 g/mol. The van der Waals surface area contributed by atoms with Gasteiger partial charge in [-0.2, -0.15) is 0 Å². The fourth-order valence-electron chi connectivity index (χ4n) is 2.57. The third-order valence-electron chi connectivity index (χ3n) is 3.80. The van der Waals surface area contributed by atoms with E-state index in [9.17, 15) is 4.79 Å². The number of benzene rings is 1. The number of rotatable bonds is 3. The molecule has 0 atom stereocenters. The van der Waals surface area contributed by atoms with Crippen molar-refractivity contribution in [3.8, 4) is 0 Å². The summed E-state index contributed by atoms with van der Waals surface area (Å²) in [5.41, 5.74) is 0.769. The summed E-state index contributed by atoms with van der Waals surface area (Å²) in [6.07, 6.45) is 6.07. The first-order chi connectivity index (χ1) is 8.29. The number of nitrogens with one attached hydrogen (secondary N) is 1. The second-order valence-corrected chi connectivity index (χ2v) is 4.97. The zero-order valence-corrected chi connectivity index (χ0v) is 10.5. The maximum Gasteiger partial charge on any atom is 0.251 e. The van der Waals surface area contributed by atoms with Crippen molar-refractivity contribution in [3.05, 3.63) is 35.9 Å². The Morgan fingerprint density at radius 1 is 1.18 bits per heavy atom. The molecule has 0 unspecified atom stereocenters. The topological polar surface area (TPSA) is 29.1 Å². The van der Waals surface area contributed by atoms with Gasteiger partial charge in [-0.3, -0.25) is 4.79 Å². The van der Waals surface area contributed by atoms with Crippen molar-refractivity contribution in [2.45, 2.75) is 45.1 Å². The maximum atomic E-state index is 12.0. The maximum absolute atomic E-state index is 12.0. The predicted octanol–water partition coefficient (Wildman–Crippen LogP) is 3.39. The van der Waals surface area contributed by atoms with Crippen LogP contribution in [0.4, 0.5) is 0 Å². The summed E-state index contributed by atoms with van der Waals surface area (Å²) in [5.74, 6) is 0.949. The molecule has 1 aliphatic rings. The van der Waals surface area contributed by atoms with Crippen molar-refractivity contribution in [1.82, 2.24) is 5.32 Å². The molecular formula is C15H21NO. The minimum Gasteiger partial charge on any atom is -0.349 e. The lowest BCUT2D eigenvalue weighted by Gasteiger charge is -2.28. The van der Waals surface area contributed by atoms with Crippen LogP contribution < -0.4 is 5.32 Å². The van der Waals surface area contributed by atoms with Gasteiger partial charge in [0, 0.05) is 11.6 Å². The molecule has 17 heavy (non-hydrogen) atoms. The highest BCUT2D eigenvalue weighted by molar-refractivity contribution is 5.94. The van der Waals surface area contributed by atoms with Crippen LogP contribution in [0.15, 0.2) is 30.3 Å². The van der Waals surface area contributed by atoms with Crippen molar-refractivity contribution in [2.75, 3.05) is 0 Å². The molecule has 1 saturated carbocycles. The summed E-state index contributed by atoms with van der Waals surface area (Å²) in [7, 11) is 0. The van der Waals surface area contributed by atoms with Crippen molar-refractivity contribution in [3.63, 3.8) is 0 Å². The molecule has 1 fully saturated rings. The Morgan fingerprint density at radius 2 is 1.82 bits per heavy atom. The summed E-state index contributed by atoms with van der Waals surface area (Å²) < 4.78 is 0. The summed E-state index contributed by atoms with van der Waals surface area (Å²) in [6.45, 7) is 2.26. The number of carbonyl (C=O) groups excluding carboxylic acids is 1. The van der Waals surface area contributed by atoms with Gasteiger partial charge in [-0.1, -0.05) is 31.5 Å². The van der Waals surface area contributed by atoms with E-state index in [4.69, 9.17) is 0 Å². The highest BCUT2D eigenvalue weighted by Gasteiger charge is 2.21. The number of carbonyl (C=O) groups is 1. The Labute approximate surface area is 103 Å². The third-order valence-corrected chi connectivity index (χ3v) is 3.80. The first-order valence-corrected chi connectivity index (χ1v) is 6.65. The molecule has 2 nitrogen and oxygen atoms in total. The van der Waals surface area contributed by atoms with Gasteiger partial charge >= 0.3 is 0 Å². The van der Waals surface area contributed by atoms with E-state index in [0.717, 1.165) is 24.3 Å². The van der Waals surface area contributed by atoms with Gasteiger partial charge < -0.3 is 5.32 Å². The Morgan fingerprint density at radius 3 is 2.41 bits per heavy atom. The van der Waals surface area contributed by atoms with Crippen LogP contribution in [0, 0.1) is 5.92 Å². The fourth-order valence-corrected chi connectivity index (χ4v) is 2.57.